The summed E-state index contributed by atoms with van der Waals surface area (Å²) >= 11 is 0. The van der Waals surface area contributed by atoms with Gasteiger partial charge in [0.05, 0.1) is 0 Å². The van der Waals surface area contributed by atoms with Crippen LogP contribution in [0.4, 0.5) is 0 Å². The van der Waals surface area contributed by atoms with E-state index in [-0.39, 0.29) is 17.1 Å². The fourth-order valence-electron chi connectivity index (χ4n) is 3.81. The summed E-state index contributed by atoms with van der Waals surface area (Å²) in [5.74, 6) is 0. The third-order valence-corrected chi connectivity index (χ3v) is 8.48. The van der Waals surface area contributed by atoms with Gasteiger partial charge in [0.1, 0.15) is 0 Å². The molecule has 186 valence electrons. The maximum atomic E-state index is 14.6. The second kappa shape index (κ2) is 14.5. The van der Waals surface area contributed by atoms with Gasteiger partial charge in [-0.1, -0.05) is 97.4 Å². The van der Waals surface area contributed by atoms with Crippen LogP contribution in [0, 0.1) is 6.92 Å². The quantitative estimate of drug-likeness (QED) is 0.172. The van der Waals surface area contributed by atoms with Crippen molar-refractivity contribution in [3.8, 4) is 11.1 Å². The van der Waals surface area contributed by atoms with Crippen LogP contribution in [0.3, 0.4) is 0 Å². The van der Waals surface area contributed by atoms with Crippen LogP contribution in [0.5, 0.6) is 0 Å². The molecule has 0 bridgehead atoms. The molecule has 0 aliphatic heterocycles. The van der Waals surface area contributed by atoms with Gasteiger partial charge in [0.2, 0.25) is 0 Å². The molecular formula is C31H32FeNOP-6. The number of hydrogen-bond acceptors (Lipinski definition) is 2. The molecule has 0 atom stereocenters. The van der Waals surface area contributed by atoms with Crippen molar-refractivity contribution in [1.82, 2.24) is 5.32 Å². The number of benzene rings is 3. The Morgan fingerprint density at radius 2 is 1.09 bits per heavy atom. The molecule has 0 aliphatic carbocycles. The maximum absolute atomic E-state index is 14.6. The Bertz CT molecular complexity index is 1220. The van der Waals surface area contributed by atoms with Crippen molar-refractivity contribution in [3.05, 3.63) is 139 Å². The van der Waals surface area contributed by atoms with E-state index in [1.165, 1.54) is 5.56 Å². The van der Waals surface area contributed by atoms with Gasteiger partial charge in [0.25, 0.3) is 0 Å². The topological polar surface area (TPSA) is 29.1 Å². The van der Waals surface area contributed by atoms with Gasteiger partial charge in [-0.3, -0.25) is 0 Å². The molecule has 0 saturated carbocycles. The van der Waals surface area contributed by atoms with Crippen molar-refractivity contribution in [2.75, 3.05) is 14.1 Å². The van der Waals surface area contributed by atoms with Crippen molar-refractivity contribution >= 4 is 23.1 Å². The largest absolute Gasteiger partial charge is 0.748 e. The van der Waals surface area contributed by atoms with Crippen molar-refractivity contribution in [1.29, 1.82) is 0 Å². The minimum absolute atomic E-state index is 0. The molecule has 0 unspecified atom stereocenters. The molecule has 0 amide bonds. The third kappa shape index (κ3) is 7.04. The van der Waals surface area contributed by atoms with Gasteiger partial charge in [0.15, 0.2) is 7.14 Å². The second-order valence-corrected chi connectivity index (χ2v) is 10.6. The van der Waals surface area contributed by atoms with Crippen molar-refractivity contribution in [2.45, 2.75) is 6.92 Å². The Hall–Kier alpha value is -2.93. The first-order valence-electron chi connectivity index (χ1n) is 11.4. The first-order valence-corrected chi connectivity index (χ1v) is 13.1. The number of nitrogens with one attached hydrogen (secondary N) is 1. The van der Waals surface area contributed by atoms with E-state index in [0.717, 1.165) is 27.0 Å². The summed E-state index contributed by atoms with van der Waals surface area (Å²) in [5.41, 5.74) is 3.39. The summed E-state index contributed by atoms with van der Waals surface area (Å²) in [6, 6.07) is 44.0. The van der Waals surface area contributed by atoms with Gasteiger partial charge in [-0.2, -0.15) is 18.2 Å². The van der Waals surface area contributed by atoms with Crippen LogP contribution in [-0.4, -0.2) is 14.1 Å². The van der Waals surface area contributed by atoms with Crippen LogP contribution >= 0.6 is 7.14 Å². The molecule has 0 aliphatic rings. The van der Waals surface area contributed by atoms with Gasteiger partial charge in [-0.05, 0) is 19.4 Å². The summed E-state index contributed by atoms with van der Waals surface area (Å²) in [6.07, 6.45) is 0. The Kier molecular flexibility index (Phi) is 11.7. The fourth-order valence-corrected chi connectivity index (χ4v) is 6.68. The Labute approximate surface area is 220 Å². The Balaban J connectivity index is 0.000000414. The molecule has 0 aromatic heterocycles. The summed E-state index contributed by atoms with van der Waals surface area (Å²) < 4.78 is 14.6. The molecule has 0 heterocycles. The molecule has 1 N–H and O–H groups in total. The average Bonchev–Trinajstić information content (AvgIpc) is 3.61. The van der Waals surface area contributed by atoms with Crippen LogP contribution in [0.25, 0.3) is 11.1 Å². The van der Waals surface area contributed by atoms with E-state index < -0.39 is 7.14 Å². The Morgan fingerprint density at radius 3 is 1.51 bits per heavy atom. The van der Waals surface area contributed by atoms with Gasteiger partial charge >= 0.3 is 0 Å². The van der Waals surface area contributed by atoms with E-state index in [0.29, 0.717) is 0 Å². The van der Waals surface area contributed by atoms with Gasteiger partial charge in [-0.25, -0.2) is 0 Å². The first-order chi connectivity index (χ1) is 16.6. The molecule has 35 heavy (non-hydrogen) atoms. The molecule has 0 radical (unpaired) electrons. The van der Waals surface area contributed by atoms with E-state index in [2.05, 4.69) is 36.5 Å². The van der Waals surface area contributed by atoms with E-state index in [1.807, 2.05) is 123 Å². The Morgan fingerprint density at radius 1 is 0.657 bits per heavy atom. The molecule has 5 rings (SSSR count). The van der Waals surface area contributed by atoms with Gasteiger partial charge in [0, 0.05) is 27.7 Å². The van der Waals surface area contributed by atoms with Crippen molar-refractivity contribution < 1.29 is 21.6 Å². The van der Waals surface area contributed by atoms with E-state index in [1.54, 1.807) is 0 Å². The zero-order chi connectivity index (χ0) is 24.2. The number of hydrogen-bond donors (Lipinski definition) is 1. The molecule has 4 heteroatoms. The molecule has 0 fully saturated rings. The third-order valence-electron chi connectivity index (χ3n) is 5.36. The van der Waals surface area contributed by atoms with Crippen LogP contribution in [0.1, 0.15) is 5.56 Å². The molecule has 5 aromatic rings. The maximum Gasteiger partial charge on any atom is 0.162 e. The summed E-state index contributed by atoms with van der Waals surface area (Å²) in [5, 5.41) is 5.37. The zero-order valence-corrected chi connectivity index (χ0v) is 22.4. The fraction of sp³-hybridized carbons (Fsp3) is 0.0968. The van der Waals surface area contributed by atoms with Gasteiger partial charge in [-0.15, -0.1) is 11.1 Å². The molecule has 2 nitrogen and oxygen atoms in total. The monoisotopic (exact) mass is 521 g/mol. The minimum atomic E-state index is -2.97. The smallest absolute Gasteiger partial charge is 0.162 e. The average molecular weight is 521 g/mol. The van der Waals surface area contributed by atoms with E-state index >= 15 is 0 Å². The minimum Gasteiger partial charge on any atom is -0.748 e. The van der Waals surface area contributed by atoms with E-state index in [9.17, 15) is 4.57 Å². The molecular weight excluding hydrogens is 489 g/mol. The van der Waals surface area contributed by atoms with Crippen LogP contribution < -0.4 is 21.2 Å². The van der Waals surface area contributed by atoms with Crippen molar-refractivity contribution in [3.63, 3.8) is 0 Å². The second-order valence-electron chi connectivity index (χ2n) is 7.88. The molecule has 0 saturated heterocycles. The standard InChI is InChI=1S/C24H20OP.C5H5.C2H7N.Fe/c1-19-11-10-17-22(19)23-16-8-9-18-24(23)26(25,20-12-4-2-5-13-20)21-14-6-3-7-15-21;1-2-4-5-3-1;1-3-2;/h2-18H,1H3;1-5H;3H,1-2H3;/q-1;-5;;. The first kappa shape index (κ1) is 28.3. The van der Waals surface area contributed by atoms with Crippen molar-refractivity contribution in [2.24, 2.45) is 0 Å². The number of aryl methyl sites for hydroxylation is 1. The van der Waals surface area contributed by atoms with E-state index in [4.69, 9.17) is 0 Å². The van der Waals surface area contributed by atoms with Crippen LogP contribution in [0.15, 0.2) is 133 Å². The van der Waals surface area contributed by atoms with Crippen LogP contribution in [0.2, 0.25) is 0 Å². The SMILES string of the molecule is CNC.C[c-]1cccc1-c1ccccc1P(=O)(c1ccccc1)c1ccccc1.[Fe].[cH-]1[cH-][cH-][cH-][cH-]1. The molecule has 0 spiro atoms. The summed E-state index contributed by atoms with van der Waals surface area (Å²) in [4.78, 5) is 0. The zero-order valence-electron chi connectivity index (χ0n) is 20.4. The predicted octanol–water partition coefficient (Wildman–Crippen LogP) is 6.26. The summed E-state index contributed by atoms with van der Waals surface area (Å²) in [7, 11) is 0.775. The predicted molar refractivity (Wildman–Crippen MR) is 149 cm³/mol. The normalized spacial score (nSPS) is 10.1. The van der Waals surface area contributed by atoms with Crippen LogP contribution in [-0.2, 0) is 21.6 Å². The van der Waals surface area contributed by atoms with Gasteiger partial charge < -0.3 is 40.2 Å². The molecule has 5 aromatic carbocycles. The number of rotatable bonds is 4. The summed E-state index contributed by atoms with van der Waals surface area (Å²) in [6.45, 7) is 2.10.